The molecule has 0 radical (unpaired) electrons. The summed E-state index contributed by atoms with van der Waals surface area (Å²) < 4.78 is 34.0. The van der Waals surface area contributed by atoms with Gasteiger partial charge in [-0.1, -0.05) is 68.1 Å². The highest BCUT2D eigenvalue weighted by Crippen LogP contribution is 2.44. The first kappa shape index (κ1) is 34.3. The normalized spacial score (nSPS) is 12.9. The molecule has 1 atom stereocenters. The minimum atomic E-state index is -4.88. The molecule has 1 heterocycles. The Labute approximate surface area is 254 Å². The van der Waals surface area contributed by atoms with Gasteiger partial charge < -0.3 is 24.6 Å². The van der Waals surface area contributed by atoms with Crippen LogP contribution in [0.1, 0.15) is 60.4 Å². The molecule has 11 nitrogen and oxygen atoms in total. The zero-order valence-electron chi connectivity index (χ0n) is 23.1. The summed E-state index contributed by atoms with van der Waals surface area (Å²) in [4.78, 5) is 49.9. The highest BCUT2D eigenvalue weighted by atomic mass is 35.5. The lowest BCUT2D eigenvalue weighted by atomic mass is 9.93. The van der Waals surface area contributed by atoms with Crippen molar-refractivity contribution < 1.29 is 42.5 Å². The van der Waals surface area contributed by atoms with Crippen LogP contribution in [0.3, 0.4) is 0 Å². The van der Waals surface area contributed by atoms with E-state index in [1.54, 1.807) is 18.2 Å². The Morgan fingerprint density at radius 2 is 1.69 bits per heavy atom. The molecule has 3 aromatic rings. The summed E-state index contributed by atoms with van der Waals surface area (Å²) in [5.74, 6) is -0.744. The topological polar surface area (TPSA) is 182 Å². The van der Waals surface area contributed by atoms with Crippen molar-refractivity contribution in [2.45, 2.75) is 52.5 Å². The lowest BCUT2D eigenvalue weighted by Crippen LogP contribution is -2.16. The molecule has 0 aliphatic rings. The fraction of sp³-hybridized carbons (Fsp3) is 0.370. The van der Waals surface area contributed by atoms with Crippen molar-refractivity contribution in [2.24, 2.45) is 11.7 Å². The largest absolute Gasteiger partial charge is 0.524 e. The molecule has 1 unspecified atom stereocenters. The maximum Gasteiger partial charge on any atom is 0.524 e. The molecule has 15 heteroatoms. The van der Waals surface area contributed by atoms with Gasteiger partial charge in [-0.25, -0.2) is 9.13 Å². The van der Waals surface area contributed by atoms with Crippen LogP contribution in [0, 0.1) is 5.92 Å². The fourth-order valence-electron chi connectivity index (χ4n) is 4.95. The fourth-order valence-corrected chi connectivity index (χ4v) is 6.13. The molecule has 0 aliphatic carbocycles. The highest BCUT2D eigenvalue weighted by molar-refractivity contribution is 7.46. The SMILES string of the molecule is CCCC(C)Cc1c(-c2ccc(OP(=O)(O)O)c(Cl)c2)c(C(N)=O)c(Cc2ccc(Cl)cc2)n1CCCOP(=O)(O)O. The Balaban J connectivity index is 2.26. The van der Waals surface area contributed by atoms with Crippen LogP contribution < -0.4 is 10.3 Å². The number of carbonyl (C=O) groups excluding carboxylic acids is 1. The number of nitrogens with zero attached hydrogens (tertiary/aromatic N) is 1. The summed E-state index contributed by atoms with van der Waals surface area (Å²) in [5.41, 5.74) is 9.41. The summed E-state index contributed by atoms with van der Waals surface area (Å²) in [6.07, 6.45) is 2.85. The molecule has 0 saturated heterocycles. The average Bonchev–Trinajstić information content (AvgIpc) is 3.16. The van der Waals surface area contributed by atoms with E-state index in [0.29, 0.717) is 28.3 Å². The van der Waals surface area contributed by atoms with E-state index in [1.807, 2.05) is 16.7 Å². The second-order valence-electron chi connectivity index (χ2n) is 9.96. The smallest absolute Gasteiger partial charge is 0.403 e. The molecule has 0 saturated carbocycles. The summed E-state index contributed by atoms with van der Waals surface area (Å²) in [6, 6.07) is 11.4. The number of phosphoric ester groups is 2. The molecule has 0 bridgehead atoms. The van der Waals surface area contributed by atoms with E-state index in [1.165, 1.54) is 12.1 Å². The molecule has 0 aliphatic heterocycles. The summed E-state index contributed by atoms with van der Waals surface area (Å²) >= 11 is 12.5. The van der Waals surface area contributed by atoms with Gasteiger partial charge in [0.05, 0.1) is 17.2 Å². The van der Waals surface area contributed by atoms with Crippen LogP contribution in [0.25, 0.3) is 11.1 Å². The van der Waals surface area contributed by atoms with Crippen molar-refractivity contribution in [3.8, 4) is 16.9 Å². The number of phosphoric acid groups is 2. The number of rotatable bonds is 15. The molecule has 230 valence electrons. The van der Waals surface area contributed by atoms with Crippen LogP contribution in [-0.4, -0.2) is 36.7 Å². The standard InChI is InChI=1S/C27H34Cl2N2O9P2/c1-3-5-17(2)14-22-25(19-8-11-24(21(29)16-19)40-42(36,37)38)26(27(30)32)23(15-18-6-9-20(28)10-7-18)31(22)12-4-13-39-41(33,34)35/h6-11,16-17H,3-5,12-15H2,1-2H3,(H2,30,32)(H2,33,34,35)(H2,36,37,38). The van der Waals surface area contributed by atoms with Crippen LogP contribution in [0.15, 0.2) is 42.5 Å². The Morgan fingerprint density at radius 3 is 2.24 bits per heavy atom. The van der Waals surface area contributed by atoms with Crippen LogP contribution in [0.2, 0.25) is 10.0 Å². The van der Waals surface area contributed by atoms with E-state index in [2.05, 4.69) is 22.9 Å². The quantitative estimate of drug-likeness (QED) is 0.0948. The zero-order valence-corrected chi connectivity index (χ0v) is 26.4. The first-order chi connectivity index (χ1) is 19.6. The predicted molar refractivity (Wildman–Crippen MR) is 161 cm³/mol. The monoisotopic (exact) mass is 662 g/mol. The first-order valence-corrected chi connectivity index (χ1v) is 16.9. The van der Waals surface area contributed by atoms with E-state index in [-0.39, 0.29) is 48.2 Å². The van der Waals surface area contributed by atoms with Gasteiger partial charge in [0.25, 0.3) is 5.91 Å². The summed E-state index contributed by atoms with van der Waals surface area (Å²) in [7, 11) is -9.55. The number of aromatic nitrogens is 1. The lowest BCUT2D eigenvalue weighted by Gasteiger charge is -2.18. The number of hydrogen-bond acceptors (Lipinski definition) is 5. The highest BCUT2D eigenvalue weighted by Gasteiger charge is 2.29. The van der Waals surface area contributed by atoms with Gasteiger partial charge >= 0.3 is 15.6 Å². The first-order valence-electron chi connectivity index (χ1n) is 13.1. The molecule has 6 N–H and O–H groups in total. The van der Waals surface area contributed by atoms with E-state index < -0.39 is 21.6 Å². The number of nitrogens with two attached hydrogens (primary N) is 1. The number of hydrogen-bond donors (Lipinski definition) is 5. The molecule has 3 rings (SSSR count). The van der Waals surface area contributed by atoms with Crippen LogP contribution >= 0.6 is 38.8 Å². The number of halogens is 2. The summed E-state index contributed by atoms with van der Waals surface area (Å²) in [5, 5.41) is 0.460. The van der Waals surface area contributed by atoms with E-state index in [0.717, 1.165) is 24.1 Å². The van der Waals surface area contributed by atoms with Gasteiger partial charge in [0.1, 0.15) is 5.75 Å². The van der Waals surface area contributed by atoms with Crippen molar-refractivity contribution >= 4 is 44.8 Å². The second-order valence-corrected chi connectivity index (χ2v) is 13.2. The minimum Gasteiger partial charge on any atom is -0.403 e. The molecular weight excluding hydrogens is 629 g/mol. The molecule has 42 heavy (non-hydrogen) atoms. The second kappa shape index (κ2) is 14.5. The molecule has 0 fully saturated rings. The van der Waals surface area contributed by atoms with E-state index in [4.69, 9.17) is 38.7 Å². The number of amides is 1. The third-order valence-corrected chi connectivity index (χ3v) is 8.06. The van der Waals surface area contributed by atoms with Crippen LogP contribution in [0.5, 0.6) is 5.75 Å². The molecule has 0 spiro atoms. The van der Waals surface area contributed by atoms with Gasteiger partial charge in [-0.2, -0.15) is 0 Å². The Kier molecular flexibility index (Phi) is 11.9. The van der Waals surface area contributed by atoms with Gasteiger partial charge in [-0.05, 0) is 54.2 Å². The van der Waals surface area contributed by atoms with E-state index >= 15 is 0 Å². The predicted octanol–water partition coefficient (Wildman–Crippen LogP) is 6.10. The third-order valence-electron chi connectivity index (χ3n) is 6.56. The van der Waals surface area contributed by atoms with Crippen molar-refractivity contribution in [1.82, 2.24) is 4.57 Å². The summed E-state index contributed by atoms with van der Waals surface area (Å²) in [6.45, 7) is 4.17. The van der Waals surface area contributed by atoms with Gasteiger partial charge in [0.2, 0.25) is 0 Å². The zero-order chi connectivity index (χ0) is 31.2. The van der Waals surface area contributed by atoms with Gasteiger partial charge in [0, 0.05) is 34.9 Å². The van der Waals surface area contributed by atoms with Crippen molar-refractivity contribution in [3.05, 3.63) is 75.0 Å². The maximum absolute atomic E-state index is 13.1. The van der Waals surface area contributed by atoms with Gasteiger partial charge in [0.15, 0.2) is 0 Å². The maximum atomic E-state index is 13.1. The van der Waals surface area contributed by atoms with Gasteiger partial charge in [-0.15, -0.1) is 0 Å². The van der Waals surface area contributed by atoms with Crippen LogP contribution in [0.4, 0.5) is 0 Å². The molecule has 1 aromatic heterocycles. The Bertz CT molecular complexity index is 1500. The van der Waals surface area contributed by atoms with E-state index in [9.17, 15) is 23.7 Å². The number of primary amides is 1. The van der Waals surface area contributed by atoms with Crippen molar-refractivity contribution in [1.29, 1.82) is 0 Å². The van der Waals surface area contributed by atoms with Gasteiger partial charge in [-0.3, -0.25) is 19.1 Å². The lowest BCUT2D eigenvalue weighted by molar-refractivity contribution is 0.0999. The number of benzene rings is 2. The van der Waals surface area contributed by atoms with Crippen molar-refractivity contribution in [2.75, 3.05) is 6.61 Å². The Hall–Kier alpha value is -2.17. The molecular formula is C27H34Cl2N2O9P2. The van der Waals surface area contributed by atoms with Crippen LogP contribution in [-0.2, 0) is 33.0 Å². The molecule has 2 aromatic carbocycles. The third kappa shape index (κ3) is 9.67. The number of carbonyl (C=O) groups is 1. The molecule has 1 amide bonds. The Morgan fingerprint density at radius 1 is 1.02 bits per heavy atom. The average molecular weight is 663 g/mol. The minimum absolute atomic E-state index is 0.0825. The van der Waals surface area contributed by atoms with Crippen molar-refractivity contribution in [3.63, 3.8) is 0 Å².